The van der Waals surface area contributed by atoms with Crippen LogP contribution in [0.25, 0.3) is 0 Å². The van der Waals surface area contributed by atoms with Crippen molar-refractivity contribution in [3.63, 3.8) is 0 Å². The monoisotopic (exact) mass is 397 g/mol. The van der Waals surface area contributed by atoms with Crippen LogP contribution in [0.5, 0.6) is 0 Å². The van der Waals surface area contributed by atoms with E-state index in [4.69, 9.17) is 5.11 Å². The minimum absolute atomic E-state index is 0.0138. The van der Waals surface area contributed by atoms with Crippen LogP contribution in [-0.2, 0) is 20.8 Å². The highest BCUT2D eigenvalue weighted by Crippen LogP contribution is 2.20. The Morgan fingerprint density at radius 1 is 1.17 bits per heavy atom. The van der Waals surface area contributed by atoms with Gasteiger partial charge in [0.2, 0.25) is 5.91 Å². The van der Waals surface area contributed by atoms with E-state index in [1.807, 2.05) is 38.1 Å². The van der Waals surface area contributed by atoms with E-state index in [0.29, 0.717) is 6.42 Å². The van der Waals surface area contributed by atoms with Crippen LogP contribution in [0.1, 0.15) is 32.3 Å². The first kappa shape index (κ1) is 20.4. The number of carbonyl (C=O) groups excluding carboxylic acids is 2. The average Bonchev–Trinajstić information content (AvgIpc) is 2.47. The van der Waals surface area contributed by atoms with Gasteiger partial charge in [-0.3, -0.25) is 14.4 Å². The first-order chi connectivity index (χ1) is 11.2. The number of likely N-dealkylation sites (N-methyl/N-ethyl adjacent to an activating group) is 1. The maximum absolute atomic E-state index is 12.5. The first-order valence-electron chi connectivity index (χ1n) is 7.92. The molecule has 0 unspecified atom stereocenters. The van der Waals surface area contributed by atoms with Gasteiger partial charge in [-0.25, -0.2) is 0 Å². The van der Waals surface area contributed by atoms with Crippen molar-refractivity contribution in [3.8, 4) is 0 Å². The van der Waals surface area contributed by atoms with Gasteiger partial charge in [0.1, 0.15) is 12.3 Å². The van der Waals surface area contributed by atoms with Crippen molar-refractivity contribution in [2.45, 2.75) is 33.1 Å². The Labute approximate surface area is 151 Å². The topological polar surface area (TPSA) is 74.7 Å². The van der Waals surface area contributed by atoms with E-state index in [0.717, 1.165) is 10.0 Å². The fraction of sp³-hybridized carbons (Fsp3) is 0.500. The number of ketones is 1. The first-order valence-corrected chi connectivity index (χ1v) is 8.71. The van der Waals surface area contributed by atoms with Crippen LogP contribution in [0.3, 0.4) is 0 Å². The van der Waals surface area contributed by atoms with Gasteiger partial charge in [0.15, 0.2) is 0 Å². The van der Waals surface area contributed by atoms with Gasteiger partial charge in [0.25, 0.3) is 0 Å². The van der Waals surface area contributed by atoms with Crippen LogP contribution >= 0.6 is 15.9 Å². The Balaban J connectivity index is 2.73. The lowest BCUT2D eigenvalue weighted by Crippen LogP contribution is -2.38. The molecule has 5 nitrogen and oxygen atoms in total. The molecule has 1 N–H and O–H groups in total. The molecule has 1 aromatic carbocycles. The van der Waals surface area contributed by atoms with E-state index < -0.39 is 11.9 Å². The van der Waals surface area contributed by atoms with Crippen LogP contribution < -0.4 is 0 Å². The second-order valence-corrected chi connectivity index (χ2v) is 7.38. The molecule has 1 amide bonds. The molecule has 0 aliphatic heterocycles. The predicted molar refractivity (Wildman–Crippen MR) is 95.7 cm³/mol. The lowest BCUT2D eigenvalue weighted by atomic mass is 9.89. The summed E-state index contributed by atoms with van der Waals surface area (Å²) in [6, 6.07) is 7.50. The van der Waals surface area contributed by atoms with Crippen molar-refractivity contribution >= 4 is 33.6 Å². The normalized spacial score (nSPS) is 12.0. The maximum Gasteiger partial charge on any atom is 0.323 e. The number of hydrogen-bond donors (Lipinski definition) is 1. The summed E-state index contributed by atoms with van der Waals surface area (Å²) in [6.45, 7) is 3.61. The summed E-state index contributed by atoms with van der Waals surface area (Å²) in [7, 11) is 1.46. The van der Waals surface area contributed by atoms with Gasteiger partial charge in [-0.15, -0.1) is 0 Å². The Bertz CT molecular complexity index is 583. The van der Waals surface area contributed by atoms with Crippen LogP contribution in [0.2, 0.25) is 0 Å². The zero-order valence-electron chi connectivity index (χ0n) is 14.3. The summed E-state index contributed by atoms with van der Waals surface area (Å²) in [5.74, 6) is -1.58. The van der Waals surface area contributed by atoms with Crippen molar-refractivity contribution in [1.82, 2.24) is 4.90 Å². The number of carboxylic acid groups (broad SMARTS) is 1. The van der Waals surface area contributed by atoms with Gasteiger partial charge in [0, 0.05) is 30.3 Å². The van der Waals surface area contributed by atoms with Gasteiger partial charge in [0.05, 0.1) is 0 Å². The number of carboxylic acids is 1. The summed E-state index contributed by atoms with van der Waals surface area (Å²) in [4.78, 5) is 36.8. The number of nitrogens with zero attached hydrogens (tertiary/aromatic N) is 1. The molecular formula is C18H24BrNO4. The average molecular weight is 398 g/mol. The van der Waals surface area contributed by atoms with Gasteiger partial charge in [-0.05, 0) is 30.0 Å². The number of carbonyl (C=O) groups is 3. The highest BCUT2D eigenvalue weighted by molar-refractivity contribution is 9.10. The SMILES string of the molecule is CC(C)C[C@H](CC(=O)Cc1ccc(Br)cc1)C(=O)N(C)CC(=O)O. The van der Waals surface area contributed by atoms with Crippen LogP contribution in [0.4, 0.5) is 0 Å². The molecule has 0 saturated heterocycles. The number of hydrogen-bond acceptors (Lipinski definition) is 3. The fourth-order valence-corrected chi connectivity index (χ4v) is 2.87. The Morgan fingerprint density at radius 2 is 1.75 bits per heavy atom. The lowest BCUT2D eigenvalue weighted by molar-refractivity contribution is -0.146. The molecule has 0 bridgehead atoms. The van der Waals surface area contributed by atoms with Gasteiger partial charge < -0.3 is 10.0 Å². The molecule has 0 heterocycles. The number of halogens is 1. The molecule has 0 aliphatic rings. The van der Waals surface area contributed by atoms with E-state index >= 15 is 0 Å². The molecule has 0 fully saturated rings. The van der Waals surface area contributed by atoms with Crippen molar-refractivity contribution < 1.29 is 19.5 Å². The second-order valence-electron chi connectivity index (χ2n) is 6.46. The van der Waals surface area contributed by atoms with E-state index in [1.165, 1.54) is 11.9 Å². The van der Waals surface area contributed by atoms with Gasteiger partial charge >= 0.3 is 5.97 Å². The number of amides is 1. The number of Topliss-reactive ketones (excluding diaryl/α,β-unsaturated/α-hetero) is 1. The third-order valence-electron chi connectivity index (χ3n) is 3.64. The zero-order valence-corrected chi connectivity index (χ0v) is 15.9. The van der Waals surface area contributed by atoms with Gasteiger partial charge in [-0.1, -0.05) is 41.9 Å². The number of aliphatic carboxylic acids is 1. The van der Waals surface area contributed by atoms with E-state index in [9.17, 15) is 14.4 Å². The minimum Gasteiger partial charge on any atom is -0.480 e. The third kappa shape index (κ3) is 7.25. The molecule has 132 valence electrons. The molecule has 1 atom stereocenters. The minimum atomic E-state index is -1.06. The smallest absolute Gasteiger partial charge is 0.323 e. The van der Waals surface area contributed by atoms with Crippen molar-refractivity contribution in [1.29, 1.82) is 0 Å². The molecule has 6 heteroatoms. The van der Waals surface area contributed by atoms with Crippen molar-refractivity contribution in [3.05, 3.63) is 34.3 Å². The van der Waals surface area contributed by atoms with E-state index in [1.54, 1.807) is 0 Å². The summed E-state index contributed by atoms with van der Waals surface area (Å²) in [6.07, 6.45) is 0.976. The number of benzene rings is 1. The maximum atomic E-state index is 12.5. The van der Waals surface area contributed by atoms with Crippen molar-refractivity contribution in [2.24, 2.45) is 11.8 Å². The lowest BCUT2D eigenvalue weighted by Gasteiger charge is -2.23. The second kappa shape index (κ2) is 9.57. The molecule has 1 rings (SSSR count). The highest BCUT2D eigenvalue weighted by atomic mass is 79.9. The number of rotatable bonds is 9. The third-order valence-corrected chi connectivity index (χ3v) is 4.17. The van der Waals surface area contributed by atoms with Crippen LogP contribution in [0.15, 0.2) is 28.7 Å². The zero-order chi connectivity index (χ0) is 18.3. The molecule has 0 saturated carbocycles. The molecule has 0 aliphatic carbocycles. The quantitative estimate of drug-likeness (QED) is 0.694. The largest absolute Gasteiger partial charge is 0.480 e. The highest BCUT2D eigenvalue weighted by Gasteiger charge is 2.26. The summed E-state index contributed by atoms with van der Waals surface area (Å²) in [5, 5.41) is 8.83. The molecule has 0 aromatic heterocycles. The summed E-state index contributed by atoms with van der Waals surface area (Å²) >= 11 is 3.35. The van der Waals surface area contributed by atoms with Crippen LogP contribution in [-0.4, -0.2) is 41.3 Å². The standard InChI is InChI=1S/C18H24BrNO4/c1-12(2)8-14(18(24)20(3)11-17(22)23)10-16(21)9-13-4-6-15(19)7-5-13/h4-7,12,14H,8-11H2,1-3H3,(H,22,23)/t14-/m1/s1. The van der Waals surface area contributed by atoms with Crippen LogP contribution in [0, 0.1) is 11.8 Å². The predicted octanol–water partition coefficient (Wildman–Crippen LogP) is 3.16. The molecule has 0 radical (unpaired) electrons. The van der Waals surface area contributed by atoms with E-state index in [2.05, 4.69) is 15.9 Å². The Morgan fingerprint density at radius 3 is 2.25 bits per heavy atom. The molecular weight excluding hydrogens is 374 g/mol. The summed E-state index contributed by atoms with van der Waals surface area (Å²) < 4.78 is 0.946. The van der Waals surface area contributed by atoms with E-state index in [-0.39, 0.29) is 37.0 Å². The Hall–Kier alpha value is -1.69. The molecule has 1 aromatic rings. The fourth-order valence-electron chi connectivity index (χ4n) is 2.61. The van der Waals surface area contributed by atoms with Gasteiger partial charge in [-0.2, -0.15) is 0 Å². The van der Waals surface area contributed by atoms with Crippen molar-refractivity contribution in [2.75, 3.05) is 13.6 Å². The molecule has 0 spiro atoms. The Kier molecular flexibility index (Phi) is 8.11. The molecule has 24 heavy (non-hydrogen) atoms. The summed E-state index contributed by atoms with van der Waals surface area (Å²) in [5.41, 5.74) is 0.901.